The summed E-state index contributed by atoms with van der Waals surface area (Å²) in [6.45, 7) is 0.860. The Morgan fingerprint density at radius 2 is 2.36 bits per heavy atom. The highest BCUT2D eigenvalue weighted by molar-refractivity contribution is 9.09. The summed E-state index contributed by atoms with van der Waals surface area (Å²) in [5.41, 5.74) is 0. The molecule has 1 atom stereocenters. The maximum absolute atomic E-state index is 12.7. The Kier molecular flexibility index (Phi) is 2.52. The second kappa shape index (κ2) is 3.54. The molecule has 2 heterocycles. The first-order chi connectivity index (χ1) is 6.57. The molecule has 78 valence electrons. The van der Waals surface area contributed by atoms with Crippen molar-refractivity contribution in [2.45, 2.75) is 23.7 Å². The summed E-state index contributed by atoms with van der Waals surface area (Å²) in [4.78, 5) is 0.387. The molecule has 1 aliphatic rings. The summed E-state index contributed by atoms with van der Waals surface area (Å²) < 4.78 is 29.8. The normalized spacial score (nSPS) is 22.9. The minimum absolute atomic E-state index is 0.0534. The summed E-state index contributed by atoms with van der Waals surface area (Å²) >= 11 is 2.16. The van der Waals surface area contributed by atoms with Crippen LogP contribution in [0.4, 0.5) is 8.78 Å². The van der Waals surface area contributed by atoms with Gasteiger partial charge >= 0.3 is 10.7 Å². The van der Waals surface area contributed by atoms with Gasteiger partial charge in [0.15, 0.2) is 5.82 Å². The number of alkyl halides is 3. The molecule has 0 aliphatic carbocycles. The minimum atomic E-state index is -3.24. The number of aromatic nitrogens is 2. The Morgan fingerprint density at radius 3 is 2.86 bits per heavy atom. The van der Waals surface area contributed by atoms with Gasteiger partial charge in [0, 0.05) is 15.9 Å². The third-order valence-corrected chi connectivity index (χ3v) is 2.40. The molecule has 14 heavy (non-hydrogen) atoms. The molecule has 1 aromatic heterocycles. The van der Waals surface area contributed by atoms with Crippen LogP contribution in [0, 0.1) is 0 Å². The van der Waals surface area contributed by atoms with Crippen LogP contribution in [0.5, 0.6) is 0 Å². The van der Waals surface area contributed by atoms with E-state index in [1.165, 1.54) is 0 Å². The highest BCUT2D eigenvalue weighted by Crippen LogP contribution is 2.34. The largest absolute Gasteiger partial charge is 0.378 e. The van der Waals surface area contributed by atoms with Gasteiger partial charge in [-0.25, -0.2) is 0 Å². The van der Waals surface area contributed by atoms with Crippen molar-refractivity contribution in [2.75, 3.05) is 6.54 Å². The molecule has 1 aliphatic heterocycles. The fourth-order valence-corrected chi connectivity index (χ4v) is 1.56. The van der Waals surface area contributed by atoms with E-state index in [2.05, 4.69) is 35.9 Å². The van der Waals surface area contributed by atoms with Crippen LogP contribution >= 0.6 is 15.9 Å². The first-order valence-electron chi connectivity index (χ1n) is 4.21. The van der Waals surface area contributed by atoms with Crippen molar-refractivity contribution in [3.8, 4) is 0 Å². The molecular weight excluding hydrogens is 260 g/mol. The fourth-order valence-electron chi connectivity index (χ4n) is 1.40. The maximum Gasteiger partial charge on any atom is 0.378 e. The molecule has 0 aromatic carbocycles. The first kappa shape index (κ1) is 9.97. The van der Waals surface area contributed by atoms with Gasteiger partial charge in [-0.05, 0) is 19.4 Å². The summed E-state index contributed by atoms with van der Waals surface area (Å²) in [5.74, 6) is -0.391. The SMILES string of the molecule is FC(F)(Br)c1nc(C2CCCN2)no1. The molecule has 4 nitrogen and oxygen atoms in total. The van der Waals surface area contributed by atoms with E-state index in [9.17, 15) is 8.78 Å². The van der Waals surface area contributed by atoms with Crippen LogP contribution < -0.4 is 5.32 Å². The number of hydrogen-bond donors (Lipinski definition) is 1. The monoisotopic (exact) mass is 267 g/mol. The van der Waals surface area contributed by atoms with Crippen molar-refractivity contribution in [3.05, 3.63) is 11.7 Å². The molecule has 0 amide bonds. The molecule has 0 spiro atoms. The van der Waals surface area contributed by atoms with E-state index >= 15 is 0 Å². The number of nitrogens with one attached hydrogen (secondary N) is 1. The molecule has 0 saturated carbocycles. The Hall–Kier alpha value is -0.560. The smallest absolute Gasteiger partial charge is 0.331 e. The van der Waals surface area contributed by atoms with Crippen LogP contribution in [0.15, 0.2) is 4.52 Å². The lowest BCUT2D eigenvalue weighted by Gasteiger charge is -2.02. The van der Waals surface area contributed by atoms with Crippen molar-refractivity contribution in [3.63, 3.8) is 0 Å². The highest BCUT2D eigenvalue weighted by Gasteiger charge is 2.36. The van der Waals surface area contributed by atoms with Crippen LogP contribution in [0.1, 0.15) is 30.6 Å². The van der Waals surface area contributed by atoms with Crippen molar-refractivity contribution < 1.29 is 13.3 Å². The number of nitrogens with zero attached hydrogens (tertiary/aromatic N) is 2. The number of hydrogen-bond acceptors (Lipinski definition) is 4. The average molecular weight is 268 g/mol. The molecule has 1 N–H and O–H groups in total. The van der Waals surface area contributed by atoms with E-state index in [1.807, 2.05) is 0 Å². The molecule has 1 unspecified atom stereocenters. The summed E-state index contributed by atoms with van der Waals surface area (Å²) in [5, 5.41) is 6.60. The molecule has 1 aromatic rings. The average Bonchev–Trinajstić information content (AvgIpc) is 2.73. The minimum Gasteiger partial charge on any atom is -0.331 e. The molecule has 0 bridgehead atoms. The van der Waals surface area contributed by atoms with E-state index in [0.29, 0.717) is 5.82 Å². The quantitative estimate of drug-likeness (QED) is 0.833. The van der Waals surface area contributed by atoms with Gasteiger partial charge in [-0.1, -0.05) is 5.16 Å². The number of halogens is 3. The lowest BCUT2D eigenvalue weighted by atomic mass is 10.2. The van der Waals surface area contributed by atoms with Crippen molar-refractivity contribution in [1.82, 2.24) is 15.5 Å². The van der Waals surface area contributed by atoms with Crippen LogP contribution in [0.25, 0.3) is 0 Å². The van der Waals surface area contributed by atoms with Gasteiger partial charge < -0.3 is 9.84 Å². The number of rotatable bonds is 2. The zero-order valence-electron chi connectivity index (χ0n) is 7.14. The van der Waals surface area contributed by atoms with Gasteiger partial charge in [0.05, 0.1) is 6.04 Å². The summed E-state index contributed by atoms with van der Waals surface area (Å²) in [6.07, 6.45) is 1.85. The summed E-state index contributed by atoms with van der Waals surface area (Å²) in [7, 11) is 0. The zero-order chi connectivity index (χ0) is 10.2. The molecule has 1 saturated heterocycles. The lowest BCUT2D eigenvalue weighted by molar-refractivity contribution is 0.0725. The topological polar surface area (TPSA) is 51.0 Å². The Balaban J connectivity index is 2.17. The molecular formula is C7H8BrF2N3O. The van der Waals surface area contributed by atoms with Crippen LogP contribution in [-0.4, -0.2) is 16.7 Å². The third-order valence-electron chi connectivity index (χ3n) is 2.06. The molecule has 7 heteroatoms. The van der Waals surface area contributed by atoms with E-state index in [0.717, 1.165) is 19.4 Å². The standard InChI is InChI=1S/C7H8BrF2N3O/c8-7(9,10)6-12-5(13-14-6)4-2-1-3-11-4/h4,11H,1-3H2. The second-order valence-corrected chi connectivity index (χ2v) is 4.10. The van der Waals surface area contributed by atoms with Crippen LogP contribution in [0.2, 0.25) is 0 Å². The van der Waals surface area contributed by atoms with Crippen molar-refractivity contribution >= 4 is 15.9 Å². The molecule has 2 rings (SSSR count). The van der Waals surface area contributed by atoms with Gasteiger partial charge in [0.2, 0.25) is 0 Å². The third kappa shape index (κ3) is 1.93. The fraction of sp³-hybridized carbons (Fsp3) is 0.714. The van der Waals surface area contributed by atoms with E-state index in [-0.39, 0.29) is 6.04 Å². The van der Waals surface area contributed by atoms with E-state index < -0.39 is 10.7 Å². The van der Waals surface area contributed by atoms with E-state index in [4.69, 9.17) is 0 Å². The molecule has 0 radical (unpaired) electrons. The second-order valence-electron chi connectivity index (χ2n) is 3.10. The molecule has 1 fully saturated rings. The Morgan fingerprint density at radius 1 is 1.57 bits per heavy atom. The van der Waals surface area contributed by atoms with Gasteiger partial charge in [0.25, 0.3) is 0 Å². The van der Waals surface area contributed by atoms with Gasteiger partial charge in [-0.3, -0.25) is 0 Å². The zero-order valence-corrected chi connectivity index (χ0v) is 8.72. The van der Waals surface area contributed by atoms with Crippen LogP contribution in [-0.2, 0) is 4.83 Å². The van der Waals surface area contributed by atoms with Gasteiger partial charge in [0.1, 0.15) is 0 Å². The van der Waals surface area contributed by atoms with Crippen molar-refractivity contribution in [2.24, 2.45) is 0 Å². The summed E-state index contributed by atoms with van der Waals surface area (Å²) in [6, 6.07) is -0.0534. The van der Waals surface area contributed by atoms with Gasteiger partial charge in [-0.15, -0.1) is 0 Å². The maximum atomic E-state index is 12.7. The van der Waals surface area contributed by atoms with E-state index in [1.54, 1.807) is 0 Å². The predicted molar refractivity (Wildman–Crippen MR) is 47.1 cm³/mol. The predicted octanol–water partition coefficient (Wildman–Crippen LogP) is 1.94. The van der Waals surface area contributed by atoms with Gasteiger partial charge in [-0.2, -0.15) is 13.8 Å². The lowest BCUT2D eigenvalue weighted by Crippen LogP contribution is -2.14. The Bertz CT molecular complexity index is 319. The van der Waals surface area contributed by atoms with Crippen molar-refractivity contribution in [1.29, 1.82) is 0 Å². The highest BCUT2D eigenvalue weighted by atomic mass is 79.9. The van der Waals surface area contributed by atoms with Crippen LogP contribution in [0.3, 0.4) is 0 Å². The Labute approximate surface area is 87.2 Å². The first-order valence-corrected chi connectivity index (χ1v) is 5.01.